The molecule has 0 spiro atoms. The van der Waals surface area contributed by atoms with Crippen molar-refractivity contribution >= 4 is 5.97 Å². The smallest absolute Gasteiger partial charge is 0.310 e. The molecule has 1 aromatic rings. The Morgan fingerprint density at radius 1 is 1.41 bits per heavy atom. The molecule has 4 heteroatoms. The topological polar surface area (TPSA) is 60.8 Å². The lowest BCUT2D eigenvalue weighted by Crippen LogP contribution is -2.31. The maximum atomic E-state index is 11.1. The van der Waals surface area contributed by atoms with E-state index in [2.05, 4.69) is 4.90 Å². The lowest BCUT2D eigenvalue weighted by molar-refractivity contribution is -0.147. The second kappa shape index (κ2) is 4.37. The average Bonchev–Trinajstić information content (AvgIpc) is 2.65. The minimum atomic E-state index is -0.717. The van der Waals surface area contributed by atoms with E-state index < -0.39 is 11.4 Å². The Morgan fingerprint density at radius 2 is 2.06 bits per heavy atom. The van der Waals surface area contributed by atoms with E-state index >= 15 is 0 Å². The van der Waals surface area contributed by atoms with Crippen molar-refractivity contribution in [3.05, 3.63) is 29.8 Å². The number of benzene rings is 1. The third kappa shape index (κ3) is 2.58. The van der Waals surface area contributed by atoms with Crippen LogP contribution in [0.3, 0.4) is 0 Å². The molecule has 1 fully saturated rings. The molecule has 0 saturated carbocycles. The number of hydrogen-bond donors (Lipinski definition) is 2. The highest BCUT2D eigenvalue weighted by Crippen LogP contribution is 2.31. The first kappa shape index (κ1) is 11.9. The van der Waals surface area contributed by atoms with E-state index in [1.165, 1.54) is 0 Å². The van der Waals surface area contributed by atoms with Crippen LogP contribution in [0.1, 0.15) is 18.9 Å². The van der Waals surface area contributed by atoms with Crippen LogP contribution in [0.25, 0.3) is 0 Å². The van der Waals surface area contributed by atoms with Crippen LogP contribution in [0, 0.1) is 5.41 Å². The van der Waals surface area contributed by atoms with Crippen molar-refractivity contribution < 1.29 is 15.0 Å². The Balaban J connectivity index is 1.98. The number of carbonyl (C=O) groups is 1. The van der Waals surface area contributed by atoms with Gasteiger partial charge in [0.05, 0.1) is 5.41 Å². The van der Waals surface area contributed by atoms with Crippen molar-refractivity contribution in [3.63, 3.8) is 0 Å². The Bertz CT molecular complexity index is 415. The van der Waals surface area contributed by atoms with Crippen molar-refractivity contribution in [1.29, 1.82) is 0 Å². The summed E-state index contributed by atoms with van der Waals surface area (Å²) in [5, 5.41) is 18.3. The number of likely N-dealkylation sites (tertiary alicyclic amines) is 1. The molecule has 0 aliphatic carbocycles. The van der Waals surface area contributed by atoms with E-state index in [9.17, 15) is 9.90 Å². The van der Waals surface area contributed by atoms with Gasteiger partial charge in [-0.1, -0.05) is 12.1 Å². The van der Waals surface area contributed by atoms with Crippen molar-refractivity contribution in [3.8, 4) is 5.75 Å². The molecule has 1 unspecified atom stereocenters. The molecule has 1 atom stereocenters. The summed E-state index contributed by atoms with van der Waals surface area (Å²) in [4.78, 5) is 13.2. The van der Waals surface area contributed by atoms with Gasteiger partial charge in [-0.2, -0.15) is 0 Å². The van der Waals surface area contributed by atoms with Gasteiger partial charge < -0.3 is 10.2 Å². The largest absolute Gasteiger partial charge is 0.508 e. The fourth-order valence-electron chi connectivity index (χ4n) is 2.23. The first-order chi connectivity index (χ1) is 7.99. The number of carboxylic acid groups (broad SMARTS) is 1. The van der Waals surface area contributed by atoms with Gasteiger partial charge in [-0.15, -0.1) is 0 Å². The Kier molecular flexibility index (Phi) is 3.07. The number of phenolic OH excluding ortho intramolecular Hbond substituents is 1. The molecule has 92 valence electrons. The van der Waals surface area contributed by atoms with E-state index in [1.807, 2.05) is 12.1 Å². The van der Waals surface area contributed by atoms with Crippen LogP contribution in [0.5, 0.6) is 5.75 Å². The number of aliphatic carboxylic acids is 1. The molecular formula is C13H17NO3. The summed E-state index contributed by atoms with van der Waals surface area (Å²) >= 11 is 0. The monoisotopic (exact) mass is 235 g/mol. The summed E-state index contributed by atoms with van der Waals surface area (Å²) in [6.07, 6.45) is 0.695. The first-order valence-electron chi connectivity index (χ1n) is 5.73. The summed E-state index contributed by atoms with van der Waals surface area (Å²) in [5.74, 6) is -0.462. The lowest BCUT2D eigenvalue weighted by Gasteiger charge is -2.20. The number of nitrogens with zero attached hydrogens (tertiary/aromatic N) is 1. The number of carboxylic acids is 1. The standard InChI is InChI=1S/C13H17NO3/c1-13(12(16)17)6-7-14(9-13)8-10-2-4-11(15)5-3-10/h2-5,15H,6-9H2,1H3,(H,16,17). The van der Waals surface area contributed by atoms with Crippen molar-refractivity contribution in [2.45, 2.75) is 19.9 Å². The van der Waals surface area contributed by atoms with Crippen LogP contribution in [0.15, 0.2) is 24.3 Å². The SMILES string of the molecule is CC1(C(=O)O)CCN(Cc2ccc(O)cc2)C1. The fourth-order valence-corrected chi connectivity index (χ4v) is 2.23. The van der Waals surface area contributed by atoms with Crippen molar-refractivity contribution in [1.82, 2.24) is 4.90 Å². The predicted octanol–water partition coefficient (Wildman–Crippen LogP) is 1.69. The molecular weight excluding hydrogens is 218 g/mol. The van der Waals surface area contributed by atoms with Crippen LogP contribution in [-0.2, 0) is 11.3 Å². The highest BCUT2D eigenvalue weighted by atomic mass is 16.4. The van der Waals surface area contributed by atoms with Crippen LogP contribution in [-0.4, -0.2) is 34.2 Å². The molecule has 17 heavy (non-hydrogen) atoms. The molecule has 0 bridgehead atoms. The highest BCUT2D eigenvalue weighted by molar-refractivity contribution is 5.74. The van der Waals surface area contributed by atoms with Gasteiger partial charge in [0.1, 0.15) is 5.75 Å². The minimum absolute atomic E-state index is 0.255. The zero-order valence-corrected chi connectivity index (χ0v) is 9.89. The summed E-state index contributed by atoms with van der Waals surface area (Å²) in [5.41, 5.74) is 0.481. The highest BCUT2D eigenvalue weighted by Gasteiger charge is 2.40. The second-order valence-electron chi connectivity index (χ2n) is 4.99. The van der Waals surface area contributed by atoms with E-state index in [1.54, 1.807) is 19.1 Å². The minimum Gasteiger partial charge on any atom is -0.508 e. The van der Waals surface area contributed by atoms with E-state index in [0.717, 1.165) is 18.7 Å². The van der Waals surface area contributed by atoms with Gasteiger partial charge in [-0.25, -0.2) is 0 Å². The molecule has 2 N–H and O–H groups in total. The Hall–Kier alpha value is -1.55. The summed E-state index contributed by atoms with van der Waals surface area (Å²) in [7, 11) is 0. The van der Waals surface area contributed by atoms with Crippen molar-refractivity contribution in [2.75, 3.05) is 13.1 Å². The molecule has 1 heterocycles. The molecule has 1 aromatic carbocycles. The van der Waals surface area contributed by atoms with Crippen LogP contribution >= 0.6 is 0 Å². The second-order valence-corrected chi connectivity index (χ2v) is 4.99. The average molecular weight is 235 g/mol. The van der Waals surface area contributed by atoms with Gasteiger partial charge in [-0.05, 0) is 37.6 Å². The maximum Gasteiger partial charge on any atom is 0.310 e. The number of aromatic hydroxyl groups is 1. The van der Waals surface area contributed by atoms with Gasteiger partial charge in [-0.3, -0.25) is 9.69 Å². The first-order valence-corrected chi connectivity index (χ1v) is 5.73. The van der Waals surface area contributed by atoms with E-state index in [-0.39, 0.29) is 5.75 Å². The quantitative estimate of drug-likeness (QED) is 0.837. The van der Waals surface area contributed by atoms with Gasteiger partial charge in [0.15, 0.2) is 0 Å². The predicted molar refractivity (Wildman–Crippen MR) is 63.7 cm³/mol. The molecule has 1 aliphatic rings. The van der Waals surface area contributed by atoms with Gasteiger partial charge in [0.25, 0.3) is 0 Å². The summed E-state index contributed by atoms with van der Waals surface area (Å²) in [6.45, 7) is 3.93. The van der Waals surface area contributed by atoms with Crippen LogP contribution in [0.4, 0.5) is 0 Å². The molecule has 1 aliphatic heterocycles. The maximum absolute atomic E-state index is 11.1. The van der Waals surface area contributed by atoms with E-state index in [0.29, 0.717) is 13.0 Å². The normalized spacial score (nSPS) is 25.0. The van der Waals surface area contributed by atoms with Crippen molar-refractivity contribution in [2.24, 2.45) is 5.41 Å². The van der Waals surface area contributed by atoms with E-state index in [4.69, 9.17) is 5.11 Å². The zero-order chi connectivity index (χ0) is 12.5. The number of phenols is 1. The fraction of sp³-hybridized carbons (Fsp3) is 0.462. The zero-order valence-electron chi connectivity index (χ0n) is 9.89. The number of rotatable bonds is 3. The van der Waals surface area contributed by atoms with Gasteiger partial charge >= 0.3 is 5.97 Å². The summed E-state index contributed by atoms with van der Waals surface area (Å²) in [6, 6.07) is 7.04. The van der Waals surface area contributed by atoms with Gasteiger partial charge in [0, 0.05) is 13.1 Å². The summed E-state index contributed by atoms with van der Waals surface area (Å²) < 4.78 is 0. The molecule has 0 radical (unpaired) electrons. The molecule has 0 aromatic heterocycles. The third-order valence-corrected chi connectivity index (χ3v) is 3.41. The van der Waals surface area contributed by atoms with Gasteiger partial charge in [0.2, 0.25) is 0 Å². The lowest BCUT2D eigenvalue weighted by atomic mass is 9.90. The van der Waals surface area contributed by atoms with Crippen LogP contribution in [0.2, 0.25) is 0 Å². The Morgan fingerprint density at radius 3 is 2.59 bits per heavy atom. The molecule has 4 nitrogen and oxygen atoms in total. The molecule has 1 saturated heterocycles. The number of hydrogen-bond acceptors (Lipinski definition) is 3. The third-order valence-electron chi connectivity index (χ3n) is 3.41. The van der Waals surface area contributed by atoms with Crippen LogP contribution < -0.4 is 0 Å². The molecule has 0 amide bonds. The Labute approximate surface area is 100 Å². The molecule has 2 rings (SSSR count).